The predicted octanol–water partition coefficient (Wildman–Crippen LogP) is 27.9. The second-order valence-electron chi connectivity index (χ2n) is 28.0. The molecule has 0 aliphatic heterocycles. The van der Waals surface area contributed by atoms with Crippen molar-refractivity contribution < 1.29 is 42.1 Å². The molecule has 578 valence electrons. The molecular weight excluding hydrogens is 1280 g/mol. The summed E-state index contributed by atoms with van der Waals surface area (Å²) in [5.41, 5.74) is 0. The highest BCUT2D eigenvalue weighted by atomic mass is 31.2. The molecule has 2 atom stereocenters. The summed E-state index contributed by atoms with van der Waals surface area (Å²) in [4.78, 5) is 36.0. The van der Waals surface area contributed by atoms with Gasteiger partial charge in [0.15, 0.2) is 6.10 Å². The van der Waals surface area contributed by atoms with Gasteiger partial charge in [-0.2, -0.15) is 0 Å². The molecule has 0 aromatic carbocycles. The van der Waals surface area contributed by atoms with Crippen LogP contribution in [-0.4, -0.2) is 74.9 Å². The lowest BCUT2D eigenvalue weighted by Gasteiger charge is -2.24. The summed E-state index contributed by atoms with van der Waals surface area (Å²) in [5.74, 6) is -0.821. The summed E-state index contributed by atoms with van der Waals surface area (Å²) >= 11 is 0. The van der Waals surface area contributed by atoms with Crippen LogP contribution in [0.25, 0.3) is 0 Å². The first kappa shape index (κ1) is 96.8. The van der Waals surface area contributed by atoms with E-state index in [1.165, 1.54) is 135 Å². The van der Waals surface area contributed by atoms with Crippen LogP contribution in [0.3, 0.4) is 0 Å². The molecular formula is C92H153NO8P+. The lowest BCUT2D eigenvalue weighted by atomic mass is 10.0. The van der Waals surface area contributed by atoms with Gasteiger partial charge in [0.25, 0.3) is 0 Å². The molecule has 0 saturated heterocycles. The Hall–Kier alpha value is -5.15. The number of esters is 2. The Morgan fingerprint density at radius 3 is 0.784 bits per heavy atom. The summed E-state index contributed by atoms with van der Waals surface area (Å²) in [6, 6.07) is 0. The zero-order chi connectivity index (χ0) is 74.0. The number of phosphoric ester groups is 1. The number of unbranched alkanes of at least 4 members (excludes halogenated alkanes) is 28. The zero-order valence-corrected chi connectivity index (χ0v) is 66.9. The number of quaternary nitrogens is 1. The van der Waals surface area contributed by atoms with E-state index in [-0.39, 0.29) is 32.0 Å². The van der Waals surface area contributed by atoms with E-state index in [1.807, 2.05) is 21.1 Å². The van der Waals surface area contributed by atoms with E-state index in [0.717, 1.165) is 154 Å². The molecule has 102 heavy (non-hydrogen) atoms. The topological polar surface area (TPSA) is 108 Å². The van der Waals surface area contributed by atoms with Crippen molar-refractivity contribution in [1.29, 1.82) is 0 Å². The minimum atomic E-state index is -4.41. The van der Waals surface area contributed by atoms with Gasteiger partial charge < -0.3 is 18.9 Å². The Morgan fingerprint density at radius 2 is 0.529 bits per heavy atom. The molecule has 9 nitrogen and oxygen atoms in total. The molecule has 0 radical (unpaired) electrons. The van der Waals surface area contributed by atoms with Gasteiger partial charge in [-0.25, -0.2) is 4.57 Å². The van der Waals surface area contributed by atoms with Gasteiger partial charge in [0.1, 0.15) is 19.8 Å². The Kier molecular flexibility index (Phi) is 75.9. The van der Waals surface area contributed by atoms with Gasteiger partial charge in [-0.15, -0.1) is 0 Å². The van der Waals surface area contributed by atoms with E-state index < -0.39 is 26.5 Å². The second-order valence-corrected chi connectivity index (χ2v) is 29.5. The maximum atomic E-state index is 12.9. The molecule has 0 aromatic heterocycles. The molecule has 0 rings (SSSR count). The maximum absolute atomic E-state index is 12.9. The number of nitrogens with zero attached hydrogens (tertiary/aromatic N) is 1. The molecule has 0 heterocycles. The van der Waals surface area contributed by atoms with Crippen molar-refractivity contribution in [2.45, 2.75) is 328 Å². The van der Waals surface area contributed by atoms with Crippen LogP contribution >= 0.6 is 7.82 Å². The van der Waals surface area contributed by atoms with Crippen LogP contribution in [0.5, 0.6) is 0 Å². The number of rotatable bonds is 74. The van der Waals surface area contributed by atoms with E-state index in [4.69, 9.17) is 18.5 Å². The van der Waals surface area contributed by atoms with E-state index in [0.29, 0.717) is 17.4 Å². The molecule has 0 fully saturated rings. The summed E-state index contributed by atoms with van der Waals surface area (Å²) in [7, 11) is 1.45. The molecule has 2 unspecified atom stereocenters. The SMILES string of the molecule is CC/C=C\C/C=C\C/C=C\C/C=C\C/C=C\C/C=C\C/C=C\C/C=C\C/C=C\C/C=C\C/C=C\CCCCCCCC(=O)OC(COC(=O)CCCCCCCCCCCCCCCCCCCCCCCCC/C=C\C/C=C\C/C=C\C/C=C\C/C=C\CC)COP(=O)(O)OCC[N+](C)(C)C. The highest BCUT2D eigenvalue weighted by Gasteiger charge is 2.27. The fraction of sp³-hybridized carbons (Fsp3) is 0.630. The van der Waals surface area contributed by atoms with E-state index >= 15 is 0 Å². The normalized spacial score (nSPS) is 14.1. The number of likely N-dealkylation sites (N-methyl/N-ethyl adjacent to an activating group) is 1. The number of allylic oxidation sites excluding steroid dienone is 32. The number of hydrogen-bond donors (Lipinski definition) is 1. The van der Waals surface area contributed by atoms with Gasteiger partial charge >= 0.3 is 19.8 Å². The molecule has 0 amide bonds. The van der Waals surface area contributed by atoms with Crippen molar-refractivity contribution in [3.05, 3.63) is 194 Å². The van der Waals surface area contributed by atoms with Gasteiger partial charge in [-0.1, -0.05) is 362 Å². The molecule has 0 saturated carbocycles. The Morgan fingerprint density at radius 1 is 0.304 bits per heavy atom. The monoisotopic (exact) mass is 1430 g/mol. The summed E-state index contributed by atoms with van der Waals surface area (Å²) in [6.45, 7) is 4.19. The maximum Gasteiger partial charge on any atom is 0.472 e. The standard InChI is InChI=1S/C92H152NO8P/c1-6-8-10-12-14-16-18-20-22-24-26-28-30-32-34-36-38-40-42-44-46-48-50-52-54-56-58-60-62-64-66-68-70-72-74-76-78-80-82-84-91(94)98-88-90(89-100-102(96,97)99-87-86-93(3,4)5)101-92(95)85-83-81-79-77-75-73-71-69-67-65-63-61-59-57-55-53-51-49-47-45-43-41-39-37-35-33-31-29-27-25-23-21-19-17-15-13-11-9-7-2/h8-11,14-17,20-23,26-29,32-35,39,41,45,47,51,53,57,59,63,65,69,71,90H,6-7,12-13,18-19,24-25,30-31,36-38,40,42-44,46,48-50,52,54-56,58,60-62,64,66-68,70,72-89H2,1-5H3/p+1/b10-8-,11-9-,16-14-,17-15-,22-20-,23-21-,28-26-,29-27-,34-32-,35-33-,41-39-,47-45-,53-51-,59-57-,65-63-,71-69-. The lowest BCUT2D eigenvalue weighted by molar-refractivity contribution is -0.870. The van der Waals surface area contributed by atoms with Crippen molar-refractivity contribution in [1.82, 2.24) is 0 Å². The van der Waals surface area contributed by atoms with Crippen molar-refractivity contribution in [2.24, 2.45) is 0 Å². The molecule has 0 aliphatic rings. The zero-order valence-electron chi connectivity index (χ0n) is 66.0. The molecule has 0 aliphatic carbocycles. The quantitative estimate of drug-likeness (QED) is 0.0211. The fourth-order valence-corrected chi connectivity index (χ4v) is 11.7. The summed E-state index contributed by atoms with van der Waals surface area (Å²) < 4.78 is 34.8. The van der Waals surface area contributed by atoms with Gasteiger partial charge in [-0.05, 0) is 141 Å². The molecule has 0 aromatic rings. The van der Waals surface area contributed by atoms with Crippen molar-refractivity contribution >= 4 is 19.8 Å². The third-order valence-corrected chi connectivity index (χ3v) is 18.1. The summed E-state index contributed by atoms with van der Waals surface area (Å²) in [5, 5.41) is 0. The van der Waals surface area contributed by atoms with E-state index in [9.17, 15) is 19.0 Å². The number of carbonyl (C=O) groups excluding carboxylic acids is 2. The average Bonchev–Trinajstić information content (AvgIpc) is 0.914. The average molecular weight is 1430 g/mol. The van der Waals surface area contributed by atoms with Crippen LogP contribution in [0.4, 0.5) is 0 Å². The first-order valence-electron chi connectivity index (χ1n) is 41.2. The highest BCUT2D eigenvalue weighted by Crippen LogP contribution is 2.43. The Balaban J connectivity index is 4.05. The van der Waals surface area contributed by atoms with Crippen LogP contribution in [0.15, 0.2) is 194 Å². The minimum Gasteiger partial charge on any atom is -0.462 e. The van der Waals surface area contributed by atoms with Crippen LogP contribution < -0.4 is 0 Å². The molecule has 0 spiro atoms. The van der Waals surface area contributed by atoms with E-state index in [2.05, 4.69) is 208 Å². The smallest absolute Gasteiger partial charge is 0.462 e. The van der Waals surface area contributed by atoms with Gasteiger partial charge in [0, 0.05) is 12.8 Å². The first-order valence-corrected chi connectivity index (χ1v) is 42.7. The van der Waals surface area contributed by atoms with Crippen LogP contribution in [-0.2, 0) is 32.7 Å². The Bertz CT molecular complexity index is 2440. The minimum absolute atomic E-state index is 0.0198. The van der Waals surface area contributed by atoms with Crippen LogP contribution in [0.2, 0.25) is 0 Å². The lowest BCUT2D eigenvalue weighted by Crippen LogP contribution is -2.37. The summed E-state index contributed by atoms with van der Waals surface area (Å²) in [6.07, 6.45) is 124. The van der Waals surface area contributed by atoms with Crippen molar-refractivity contribution in [3.8, 4) is 0 Å². The van der Waals surface area contributed by atoms with Gasteiger partial charge in [-0.3, -0.25) is 18.6 Å². The number of phosphoric acid groups is 1. The third kappa shape index (κ3) is 83.8. The first-order chi connectivity index (χ1) is 50.0. The second kappa shape index (κ2) is 80.0. The van der Waals surface area contributed by atoms with E-state index in [1.54, 1.807) is 0 Å². The fourth-order valence-electron chi connectivity index (χ4n) is 10.9. The highest BCUT2D eigenvalue weighted by molar-refractivity contribution is 7.47. The number of carbonyl (C=O) groups is 2. The molecule has 1 N–H and O–H groups in total. The number of hydrogen-bond acceptors (Lipinski definition) is 7. The van der Waals surface area contributed by atoms with Crippen LogP contribution in [0.1, 0.15) is 322 Å². The Labute approximate surface area is 628 Å². The van der Waals surface area contributed by atoms with Crippen molar-refractivity contribution in [2.75, 3.05) is 47.5 Å². The number of ether oxygens (including phenoxy) is 2. The van der Waals surface area contributed by atoms with Gasteiger partial charge in [0.2, 0.25) is 0 Å². The molecule has 10 heteroatoms. The largest absolute Gasteiger partial charge is 0.472 e. The van der Waals surface area contributed by atoms with Crippen molar-refractivity contribution in [3.63, 3.8) is 0 Å². The third-order valence-electron chi connectivity index (χ3n) is 17.1. The predicted molar refractivity (Wildman–Crippen MR) is 445 cm³/mol. The van der Waals surface area contributed by atoms with Crippen LogP contribution in [0, 0.1) is 0 Å². The van der Waals surface area contributed by atoms with Gasteiger partial charge in [0.05, 0.1) is 27.7 Å². The molecule has 0 bridgehead atoms.